The molecule has 2 aromatic rings. The Hall–Kier alpha value is -1.73. The number of anilines is 1. The van der Waals surface area contributed by atoms with Gasteiger partial charge in [0.1, 0.15) is 0 Å². The minimum Gasteiger partial charge on any atom is -0.760 e. The molecule has 1 unspecified atom stereocenters. The van der Waals surface area contributed by atoms with Crippen LogP contribution in [0, 0.1) is 6.92 Å². The first kappa shape index (κ1) is 19.6. The second kappa shape index (κ2) is 10.3. The Labute approximate surface area is 152 Å². The Kier molecular flexibility index (Phi) is 8.08. The van der Waals surface area contributed by atoms with E-state index in [0.29, 0.717) is 13.1 Å². The van der Waals surface area contributed by atoms with E-state index in [2.05, 4.69) is 59.4 Å². The highest BCUT2D eigenvalue weighted by Gasteiger charge is 2.04. The third-order valence-electron chi connectivity index (χ3n) is 4.18. The molecular formula is C19H26N3O2S-. The molecule has 0 fully saturated rings. The molecule has 0 spiro atoms. The van der Waals surface area contributed by atoms with Crippen molar-refractivity contribution in [2.24, 2.45) is 0 Å². The van der Waals surface area contributed by atoms with E-state index < -0.39 is 11.3 Å². The molecule has 0 aliphatic heterocycles. The quantitative estimate of drug-likeness (QED) is 0.503. The van der Waals surface area contributed by atoms with Crippen LogP contribution in [0.1, 0.15) is 16.7 Å². The Balaban J connectivity index is 1.79. The summed E-state index contributed by atoms with van der Waals surface area (Å²) in [5.41, 5.74) is 4.98. The van der Waals surface area contributed by atoms with Crippen LogP contribution >= 0.6 is 0 Å². The van der Waals surface area contributed by atoms with Gasteiger partial charge in [-0.05, 0) is 48.7 Å². The van der Waals surface area contributed by atoms with E-state index in [4.69, 9.17) is 0 Å². The van der Waals surface area contributed by atoms with Gasteiger partial charge < -0.3 is 14.8 Å². The molecule has 136 valence electrons. The molecule has 0 saturated carbocycles. The molecule has 0 radical (unpaired) electrons. The molecule has 0 aliphatic rings. The number of rotatable bonds is 10. The van der Waals surface area contributed by atoms with Gasteiger partial charge in [-0.25, -0.2) is 4.72 Å². The fraction of sp³-hybridized carbons (Fsp3) is 0.368. The van der Waals surface area contributed by atoms with Crippen LogP contribution in [0.15, 0.2) is 48.5 Å². The average molecular weight is 361 g/mol. The molecule has 0 amide bonds. The first-order chi connectivity index (χ1) is 12.1. The van der Waals surface area contributed by atoms with Crippen LogP contribution in [0.2, 0.25) is 0 Å². The maximum Gasteiger partial charge on any atom is 0.0366 e. The van der Waals surface area contributed by atoms with Crippen molar-refractivity contribution in [2.75, 3.05) is 31.6 Å². The molecular weight excluding hydrogens is 334 g/mol. The van der Waals surface area contributed by atoms with Gasteiger partial charge >= 0.3 is 0 Å². The van der Waals surface area contributed by atoms with Crippen LogP contribution in [-0.4, -0.2) is 35.4 Å². The second-order valence-electron chi connectivity index (χ2n) is 6.07. The van der Waals surface area contributed by atoms with Crippen molar-refractivity contribution >= 4 is 17.0 Å². The predicted octanol–water partition coefficient (Wildman–Crippen LogP) is 2.15. The fourth-order valence-corrected chi connectivity index (χ4v) is 2.93. The van der Waals surface area contributed by atoms with Gasteiger partial charge in [-0.1, -0.05) is 36.4 Å². The first-order valence-corrected chi connectivity index (χ1v) is 9.52. The van der Waals surface area contributed by atoms with Crippen molar-refractivity contribution in [3.63, 3.8) is 0 Å². The molecule has 2 N–H and O–H groups in total. The number of aryl methyl sites for hydroxylation is 1. The topological polar surface area (TPSA) is 67.4 Å². The van der Waals surface area contributed by atoms with E-state index in [-0.39, 0.29) is 0 Å². The SMILES string of the molecule is Cc1cc(N(C)CCNS(=O)[O-])ccc1CCNCc1ccccc1. The van der Waals surface area contributed by atoms with Crippen molar-refractivity contribution in [3.8, 4) is 0 Å². The van der Waals surface area contributed by atoms with Gasteiger partial charge in [0.2, 0.25) is 0 Å². The number of nitrogens with one attached hydrogen (secondary N) is 2. The Morgan fingerprint density at radius 3 is 2.56 bits per heavy atom. The van der Waals surface area contributed by atoms with Gasteiger partial charge in [0.05, 0.1) is 0 Å². The zero-order chi connectivity index (χ0) is 18.1. The highest BCUT2D eigenvalue weighted by molar-refractivity contribution is 7.77. The molecule has 1 atom stereocenters. The summed E-state index contributed by atoms with van der Waals surface area (Å²) in [7, 11) is 1.96. The third kappa shape index (κ3) is 6.96. The van der Waals surface area contributed by atoms with Gasteiger partial charge in [0.15, 0.2) is 0 Å². The molecule has 0 heterocycles. The molecule has 0 aliphatic carbocycles. The van der Waals surface area contributed by atoms with Crippen molar-refractivity contribution in [1.82, 2.24) is 10.0 Å². The van der Waals surface area contributed by atoms with E-state index in [0.717, 1.165) is 25.2 Å². The van der Waals surface area contributed by atoms with Crippen LogP contribution in [0.4, 0.5) is 5.69 Å². The van der Waals surface area contributed by atoms with Crippen molar-refractivity contribution < 1.29 is 8.76 Å². The van der Waals surface area contributed by atoms with Gasteiger partial charge in [0.25, 0.3) is 0 Å². The van der Waals surface area contributed by atoms with E-state index in [1.165, 1.54) is 16.7 Å². The zero-order valence-electron chi connectivity index (χ0n) is 14.8. The van der Waals surface area contributed by atoms with Crippen LogP contribution < -0.4 is 14.9 Å². The van der Waals surface area contributed by atoms with Crippen LogP contribution in [0.5, 0.6) is 0 Å². The van der Waals surface area contributed by atoms with Gasteiger partial charge in [-0.3, -0.25) is 4.21 Å². The summed E-state index contributed by atoms with van der Waals surface area (Å²) in [5.74, 6) is 0. The number of nitrogens with zero attached hydrogens (tertiary/aromatic N) is 1. The lowest BCUT2D eigenvalue weighted by molar-refractivity contribution is 0.523. The molecule has 0 bridgehead atoms. The average Bonchev–Trinajstić information content (AvgIpc) is 2.60. The third-order valence-corrected chi connectivity index (χ3v) is 4.62. The molecule has 2 rings (SSSR count). The monoisotopic (exact) mass is 360 g/mol. The van der Waals surface area contributed by atoms with E-state index in [1.54, 1.807) is 0 Å². The summed E-state index contributed by atoms with van der Waals surface area (Å²) in [5, 5.41) is 3.48. The van der Waals surface area contributed by atoms with Crippen LogP contribution in [0.3, 0.4) is 0 Å². The molecule has 5 nitrogen and oxygen atoms in total. The first-order valence-electron chi connectivity index (χ1n) is 8.44. The molecule has 0 aromatic heterocycles. The van der Waals surface area contributed by atoms with E-state index in [1.807, 2.05) is 18.0 Å². The summed E-state index contributed by atoms with van der Waals surface area (Å²) < 4.78 is 23.4. The lowest BCUT2D eigenvalue weighted by atomic mass is 10.0. The van der Waals surface area contributed by atoms with Crippen molar-refractivity contribution in [3.05, 3.63) is 65.2 Å². The summed E-state index contributed by atoms with van der Waals surface area (Å²) in [4.78, 5) is 2.05. The Bertz CT molecular complexity index is 680. The smallest absolute Gasteiger partial charge is 0.0366 e. The maximum absolute atomic E-state index is 10.5. The summed E-state index contributed by atoms with van der Waals surface area (Å²) in [6.45, 7) is 4.97. The van der Waals surface area contributed by atoms with Crippen molar-refractivity contribution in [2.45, 2.75) is 19.9 Å². The normalized spacial score (nSPS) is 12.1. The summed E-state index contributed by atoms with van der Waals surface area (Å²) >= 11 is -2.20. The molecule has 6 heteroatoms. The summed E-state index contributed by atoms with van der Waals surface area (Å²) in [6.07, 6.45) is 0.985. The fourth-order valence-electron chi connectivity index (χ4n) is 2.68. The molecule has 0 saturated heterocycles. The highest BCUT2D eigenvalue weighted by atomic mass is 32.2. The summed E-state index contributed by atoms with van der Waals surface area (Å²) in [6, 6.07) is 16.8. The van der Waals surface area contributed by atoms with Gasteiger partial charge in [-0.2, -0.15) is 0 Å². The largest absolute Gasteiger partial charge is 0.760 e. The van der Waals surface area contributed by atoms with E-state index in [9.17, 15) is 8.76 Å². The Morgan fingerprint density at radius 2 is 1.88 bits per heavy atom. The van der Waals surface area contributed by atoms with Crippen LogP contribution in [0.25, 0.3) is 0 Å². The highest BCUT2D eigenvalue weighted by Crippen LogP contribution is 2.18. The maximum atomic E-state index is 10.5. The van der Waals surface area contributed by atoms with Gasteiger partial charge in [-0.15, -0.1) is 0 Å². The minimum atomic E-state index is -2.20. The lowest BCUT2D eigenvalue weighted by Crippen LogP contribution is -2.30. The number of hydrogen-bond acceptors (Lipinski definition) is 4. The lowest BCUT2D eigenvalue weighted by Gasteiger charge is -2.21. The minimum absolute atomic E-state index is 0.400. The zero-order valence-corrected chi connectivity index (χ0v) is 15.6. The van der Waals surface area contributed by atoms with E-state index >= 15 is 0 Å². The standard InChI is InChI=1S/C19H27N3O2S/c1-16-14-19(22(2)13-12-21-25(23)24)9-8-18(16)10-11-20-15-17-6-4-3-5-7-17/h3-9,14,20-21H,10-13,15H2,1-2H3,(H,23,24)/p-1. The predicted molar refractivity (Wildman–Crippen MR) is 103 cm³/mol. The number of benzene rings is 2. The molecule has 2 aromatic carbocycles. The number of likely N-dealkylation sites (N-methyl/N-ethyl adjacent to an activating group) is 1. The van der Waals surface area contributed by atoms with Crippen LogP contribution in [-0.2, 0) is 24.2 Å². The van der Waals surface area contributed by atoms with Crippen molar-refractivity contribution in [1.29, 1.82) is 0 Å². The number of hydrogen-bond donors (Lipinski definition) is 2. The Morgan fingerprint density at radius 1 is 1.12 bits per heavy atom. The second-order valence-corrected chi connectivity index (χ2v) is 6.83. The van der Waals surface area contributed by atoms with Gasteiger partial charge in [0, 0.05) is 43.6 Å². The molecule has 25 heavy (non-hydrogen) atoms.